The maximum atomic E-state index is 10.5. The number of likely N-dealkylation sites (tertiary alicyclic amines) is 1. The number of hydrogen-bond acceptors (Lipinski definition) is 4. The molecule has 1 aromatic rings. The van der Waals surface area contributed by atoms with Gasteiger partial charge < -0.3 is 20.5 Å². The van der Waals surface area contributed by atoms with Crippen molar-refractivity contribution in [3.8, 4) is 0 Å². The second kappa shape index (κ2) is 8.16. The number of carboxylic acid groups (broad SMARTS) is 1. The topological polar surface area (TPSA) is 70.4 Å². The minimum absolute atomic E-state index is 0.616. The lowest BCUT2D eigenvalue weighted by atomic mass is 10.1. The first-order chi connectivity index (χ1) is 12.1. The molecule has 0 bridgehead atoms. The Bertz CT molecular complexity index is 637. The van der Waals surface area contributed by atoms with E-state index in [2.05, 4.69) is 29.7 Å². The van der Waals surface area contributed by atoms with E-state index in [9.17, 15) is 13.2 Å². The molecule has 0 aliphatic carbocycles. The second-order valence-electron chi connectivity index (χ2n) is 6.90. The summed E-state index contributed by atoms with van der Waals surface area (Å²) >= 11 is 0. The van der Waals surface area contributed by atoms with Crippen molar-refractivity contribution in [1.29, 1.82) is 0 Å². The summed E-state index contributed by atoms with van der Waals surface area (Å²) in [7, 11) is 0. The van der Waals surface area contributed by atoms with Crippen LogP contribution in [-0.2, 0) is 4.79 Å². The van der Waals surface area contributed by atoms with Crippen molar-refractivity contribution in [2.24, 2.45) is 0 Å². The van der Waals surface area contributed by atoms with Gasteiger partial charge in [0.2, 0.25) is 0 Å². The van der Waals surface area contributed by atoms with Gasteiger partial charge in [-0.15, -0.1) is 5.69 Å². The molecule has 1 aromatic carbocycles. The number of carboxylic acids is 1. The van der Waals surface area contributed by atoms with E-state index >= 15 is 0 Å². The number of nitrogens with one attached hydrogen (secondary N) is 1. The third kappa shape index (κ3) is 5.03. The van der Waals surface area contributed by atoms with E-state index in [0.29, 0.717) is 5.69 Å². The molecular formula is C18H24F3N3O2-2. The average Bonchev–Trinajstić information content (AvgIpc) is 3.15. The summed E-state index contributed by atoms with van der Waals surface area (Å²) in [6.07, 6.45) is -1.18. The molecule has 2 aliphatic rings. The van der Waals surface area contributed by atoms with Crippen LogP contribution < -0.4 is 10.0 Å². The number of halogens is 3. The van der Waals surface area contributed by atoms with Gasteiger partial charge in [-0.2, -0.15) is 13.2 Å². The molecule has 2 fully saturated rings. The Morgan fingerprint density at radius 2 is 1.92 bits per heavy atom. The molecule has 2 aliphatic heterocycles. The van der Waals surface area contributed by atoms with Crippen LogP contribution in [0.1, 0.15) is 31.7 Å². The van der Waals surface area contributed by atoms with E-state index in [0.717, 1.165) is 25.2 Å². The summed E-state index contributed by atoms with van der Waals surface area (Å²) in [6, 6.07) is 7.50. The number of benzene rings is 1. The summed E-state index contributed by atoms with van der Waals surface area (Å²) in [5.74, 6) is -3.01. The Kier molecular flexibility index (Phi) is 6.39. The molecule has 5 nitrogen and oxygen atoms in total. The number of aryl methyl sites for hydroxylation is 1. The van der Waals surface area contributed by atoms with Crippen molar-refractivity contribution in [3.05, 3.63) is 29.5 Å². The SMILES string of the molecule is Cc1cc([NH-])ccc1N1CCC(N2CCCC2C)C1.O=C([O-])C(F)(F)F. The largest absolute Gasteiger partial charge is 0.699 e. The van der Waals surface area contributed by atoms with Gasteiger partial charge in [0.1, 0.15) is 5.97 Å². The van der Waals surface area contributed by atoms with Crippen LogP contribution in [0.25, 0.3) is 5.73 Å². The van der Waals surface area contributed by atoms with Crippen LogP contribution in [0.3, 0.4) is 0 Å². The molecule has 0 radical (unpaired) electrons. The first-order valence-corrected chi connectivity index (χ1v) is 8.70. The number of anilines is 1. The lowest BCUT2D eigenvalue weighted by Crippen LogP contribution is -2.39. The number of carbonyl (C=O) groups is 1. The van der Waals surface area contributed by atoms with Crippen LogP contribution in [0.2, 0.25) is 0 Å². The van der Waals surface area contributed by atoms with Crippen molar-refractivity contribution in [3.63, 3.8) is 0 Å². The molecule has 8 heteroatoms. The molecule has 0 amide bonds. The fraction of sp³-hybridized carbons (Fsp3) is 0.611. The molecule has 2 atom stereocenters. The predicted molar refractivity (Wildman–Crippen MR) is 92.2 cm³/mol. The van der Waals surface area contributed by atoms with Crippen molar-refractivity contribution in [1.82, 2.24) is 4.90 Å². The van der Waals surface area contributed by atoms with Gasteiger partial charge >= 0.3 is 6.18 Å². The van der Waals surface area contributed by atoms with Crippen LogP contribution in [0.4, 0.5) is 24.5 Å². The molecule has 0 aromatic heterocycles. The molecular weight excluding hydrogens is 347 g/mol. The lowest BCUT2D eigenvalue weighted by Gasteiger charge is -2.29. The number of carbonyl (C=O) groups excluding carboxylic acids is 1. The number of rotatable bonds is 2. The van der Waals surface area contributed by atoms with E-state index < -0.39 is 12.1 Å². The maximum Gasteiger partial charge on any atom is 0.430 e. The van der Waals surface area contributed by atoms with Crippen molar-refractivity contribution in [2.75, 3.05) is 24.5 Å². The number of nitrogens with zero attached hydrogens (tertiary/aromatic N) is 2. The second-order valence-corrected chi connectivity index (χ2v) is 6.90. The zero-order valence-corrected chi connectivity index (χ0v) is 15.0. The number of aliphatic carboxylic acids is 1. The Hall–Kier alpha value is -1.96. The van der Waals surface area contributed by atoms with E-state index in [4.69, 9.17) is 15.6 Å². The molecule has 0 saturated carbocycles. The van der Waals surface area contributed by atoms with E-state index in [1.807, 2.05) is 12.1 Å². The Balaban J connectivity index is 0.000000298. The van der Waals surface area contributed by atoms with E-state index in [1.165, 1.54) is 37.1 Å². The summed E-state index contributed by atoms with van der Waals surface area (Å²) < 4.78 is 31.5. The van der Waals surface area contributed by atoms with Crippen molar-refractivity contribution in [2.45, 2.75) is 51.4 Å². The van der Waals surface area contributed by atoms with E-state index in [1.54, 1.807) is 0 Å². The third-order valence-corrected chi connectivity index (χ3v) is 5.01. The zero-order valence-electron chi connectivity index (χ0n) is 15.0. The Labute approximate surface area is 151 Å². The highest BCUT2D eigenvalue weighted by atomic mass is 19.4. The van der Waals surface area contributed by atoms with Gasteiger partial charge in [0, 0.05) is 30.9 Å². The number of hydrogen-bond donors (Lipinski definition) is 0. The summed E-state index contributed by atoms with van der Waals surface area (Å²) in [5, 5.41) is 8.78. The maximum absolute atomic E-state index is 10.5. The molecule has 3 rings (SSSR count). The summed E-state index contributed by atoms with van der Waals surface area (Å²) in [4.78, 5) is 14.0. The Morgan fingerprint density at radius 1 is 1.27 bits per heavy atom. The van der Waals surface area contributed by atoms with Crippen LogP contribution >= 0.6 is 0 Å². The Morgan fingerprint density at radius 3 is 2.42 bits per heavy atom. The van der Waals surface area contributed by atoms with Crippen LogP contribution in [-0.4, -0.2) is 48.8 Å². The first kappa shape index (κ1) is 20.4. The van der Waals surface area contributed by atoms with Crippen LogP contribution in [0.15, 0.2) is 18.2 Å². The molecule has 26 heavy (non-hydrogen) atoms. The fourth-order valence-corrected chi connectivity index (χ4v) is 3.74. The molecule has 2 unspecified atom stereocenters. The molecule has 146 valence electrons. The van der Waals surface area contributed by atoms with Gasteiger partial charge in [0.15, 0.2) is 0 Å². The van der Waals surface area contributed by atoms with Gasteiger partial charge in [0.05, 0.1) is 0 Å². The van der Waals surface area contributed by atoms with Crippen LogP contribution in [0.5, 0.6) is 0 Å². The quantitative estimate of drug-likeness (QED) is 0.801. The van der Waals surface area contributed by atoms with E-state index in [-0.39, 0.29) is 0 Å². The predicted octanol–water partition coefficient (Wildman–Crippen LogP) is 3.04. The fourth-order valence-electron chi connectivity index (χ4n) is 3.74. The van der Waals surface area contributed by atoms with Crippen molar-refractivity contribution < 1.29 is 23.1 Å². The highest BCUT2D eigenvalue weighted by Crippen LogP contribution is 2.31. The summed E-state index contributed by atoms with van der Waals surface area (Å²) in [5.41, 5.74) is 10.9. The highest BCUT2D eigenvalue weighted by molar-refractivity contribution is 5.70. The molecule has 2 saturated heterocycles. The molecule has 1 N–H and O–H groups in total. The van der Waals surface area contributed by atoms with Crippen molar-refractivity contribution >= 4 is 17.3 Å². The summed E-state index contributed by atoms with van der Waals surface area (Å²) in [6.45, 7) is 8.09. The minimum atomic E-state index is -5.19. The highest BCUT2D eigenvalue weighted by Gasteiger charge is 2.33. The minimum Gasteiger partial charge on any atom is -0.699 e. The lowest BCUT2D eigenvalue weighted by molar-refractivity contribution is -0.344. The molecule has 0 spiro atoms. The van der Waals surface area contributed by atoms with Gasteiger partial charge in [-0.25, -0.2) is 0 Å². The van der Waals surface area contributed by atoms with Gasteiger partial charge in [-0.3, -0.25) is 4.90 Å². The number of alkyl halides is 3. The standard InChI is InChI=1S/C16H24N3.C2HF3O2/c1-12-10-14(17)5-6-16(12)18-9-7-15(11-18)19-8-3-4-13(19)2;3-2(4,5)1(6)7/h5-6,10,13,15,17H,3-4,7-9,11H2,1-2H3;(H,6,7)/q-1;/p-1. The average molecular weight is 371 g/mol. The zero-order chi connectivity index (χ0) is 19.5. The molecule has 2 heterocycles. The monoisotopic (exact) mass is 371 g/mol. The third-order valence-electron chi connectivity index (χ3n) is 5.01. The smallest absolute Gasteiger partial charge is 0.430 e. The van der Waals surface area contributed by atoms with Gasteiger partial charge in [0.25, 0.3) is 0 Å². The van der Waals surface area contributed by atoms with Crippen LogP contribution in [0, 0.1) is 6.92 Å². The van der Waals surface area contributed by atoms with Gasteiger partial charge in [-0.1, -0.05) is 12.1 Å². The normalized spacial score (nSPS) is 23.7. The van der Waals surface area contributed by atoms with Gasteiger partial charge in [-0.05, 0) is 51.3 Å². The first-order valence-electron chi connectivity index (χ1n) is 8.70.